The van der Waals surface area contributed by atoms with Gasteiger partial charge in [-0.05, 0) is 31.7 Å². The van der Waals surface area contributed by atoms with Crippen LogP contribution < -0.4 is 4.57 Å². The molecule has 0 bridgehead atoms. The third kappa shape index (κ3) is 21.0. The normalized spacial score (nSPS) is 11.4. The van der Waals surface area contributed by atoms with Crippen molar-refractivity contribution < 1.29 is 4.57 Å². The molecule has 1 aromatic rings. The van der Waals surface area contributed by atoms with E-state index in [-0.39, 0.29) is 0 Å². The Hall–Kier alpha value is -0.850. The summed E-state index contributed by atoms with van der Waals surface area (Å²) >= 11 is 0. The Morgan fingerprint density at radius 1 is 0.400 bits per heavy atom. The average Bonchev–Trinajstić information content (AvgIpc) is 2.85. The standard InChI is InChI=1S/C34H64N/c1-4-6-8-10-12-14-16-18-20-22-24-26-28-33-30-34(32-35(3)31-33)29-27-25-23-21-19-17-15-13-11-9-7-5-2/h30-32H,4-29H2,1-3H3/q+1. The van der Waals surface area contributed by atoms with Crippen LogP contribution in [-0.2, 0) is 19.9 Å². The molecule has 0 saturated heterocycles. The van der Waals surface area contributed by atoms with Gasteiger partial charge < -0.3 is 0 Å². The van der Waals surface area contributed by atoms with Crippen molar-refractivity contribution in [1.82, 2.24) is 0 Å². The number of pyridine rings is 1. The van der Waals surface area contributed by atoms with Crippen LogP contribution in [0.4, 0.5) is 0 Å². The van der Waals surface area contributed by atoms with Crippen LogP contribution in [0.25, 0.3) is 0 Å². The van der Waals surface area contributed by atoms with Crippen LogP contribution in [0.1, 0.15) is 179 Å². The van der Waals surface area contributed by atoms with E-state index in [0.717, 1.165) is 0 Å². The molecule has 0 fully saturated rings. The summed E-state index contributed by atoms with van der Waals surface area (Å²) in [6.07, 6.45) is 41.6. The summed E-state index contributed by atoms with van der Waals surface area (Å²) in [4.78, 5) is 0. The molecule has 0 saturated carbocycles. The molecule has 0 aliphatic carbocycles. The first-order valence-corrected chi connectivity index (χ1v) is 16.2. The highest BCUT2D eigenvalue weighted by Crippen LogP contribution is 2.15. The third-order valence-corrected chi connectivity index (χ3v) is 7.75. The van der Waals surface area contributed by atoms with Crippen LogP contribution in [0.2, 0.25) is 0 Å². The molecule has 0 radical (unpaired) electrons. The molecular formula is C34H64N+. The number of hydrogen-bond acceptors (Lipinski definition) is 0. The second-order valence-corrected chi connectivity index (χ2v) is 11.5. The zero-order valence-corrected chi connectivity index (χ0v) is 24.6. The van der Waals surface area contributed by atoms with E-state index in [1.54, 1.807) is 11.1 Å². The van der Waals surface area contributed by atoms with Crippen LogP contribution in [0.3, 0.4) is 0 Å². The van der Waals surface area contributed by atoms with Crippen LogP contribution in [0, 0.1) is 0 Å². The third-order valence-electron chi connectivity index (χ3n) is 7.75. The molecule has 0 unspecified atom stereocenters. The van der Waals surface area contributed by atoms with Gasteiger partial charge >= 0.3 is 0 Å². The minimum Gasteiger partial charge on any atom is -0.207 e. The molecule has 0 N–H and O–H groups in total. The Labute approximate surface area is 221 Å². The smallest absolute Gasteiger partial charge is 0.171 e. The molecule has 0 aliphatic rings. The minimum atomic E-state index is 1.26. The zero-order chi connectivity index (χ0) is 25.2. The molecule has 0 spiro atoms. The summed E-state index contributed by atoms with van der Waals surface area (Å²) < 4.78 is 2.30. The van der Waals surface area contributed by atoms with Gasteiger partial charge in [0.05, 0.1) is 0 Å². The number of rotatable bonds is 26. The molecule has 0 amide bonds. The van der Waals surface area contributed by atoms with Gasteiger partial charge in [0.2, 0.25) is 0 Å². The summed E-state index contributed by atoms with van der Waals surface area (Å²) in [5.41, 5.74) is 3.10. The summed E-state index contributed by atoms with van der Waals surface area (Å²) in [6, 6.07) is 2.50. The molecule has 0 aliphatic heterocycles. The molecule has 35 heavy (non-hydrogen) atoms. The van der Waals surface area contributed by atoms with Gasteiger partial charge in [0, 0.05) is 11.1 Å². The van der Waals surface area contributed by atoms with Crippen molar-refractivity contribution in [2.45, 2.75) is 181 Å². The summed E-state index contributed by atoms with van der Waals surface area (Å²) in [7, 11) is 2.21. The Kier molecular flexibility index (Phi) is 22.8. The van der Waals surface area contributed by atoms with Crippen molar-refractivity contribution in [3.05, 3.63) is 29.6 Å². The Morgan fingerprint density at radius 3 is 0.943 bits per heavy atom. The predicted octanol–water partition coefficient (Wildman–Crippen LogP) is 11.0. The van der Waals surface area contributed by atoms with Crippen LogP contribution in [-0.4, -0.2) is 0 Å². The second kappa shape index (κ2) is 24.8. The maximum absolute atomic E-state index is 2.50. The fourth-order valence-corrected chi connectivity index (χ4v) is 5.49. The van der Waals surface area contributed by atoms with Crippen molar-refractivity contribution in [1.29, 1.82) is 0 Å². The Bertz CT molecular complexity index is 517. The molecular weight excluding hydrogens is 422 g/mol. The van der Waals surface area contributed by atoms with E-state index in [2.05, 4.69) is 43.9 Å². The zero-order valence-electron chi connectivity index (χ0n) is 24.6. The first kappa shape index (κ1) is 32.2. The van der Waals surface area contributed by atoms with E-state index < -0.39 is 0 Å². The highest BCUT2D eigenvalue weighted by atomic mass is 14.9. The van der Waals surface area contributed by atoms with E-state index >= 15 is 0 Å². The Balaban J connectivity index is 1.99. The fraction of sp³-hybridized carbons (Fsp3) is 0.853. The topological polar surface area (TPSA) is 3.88 Å². The average molecular weight is 487 g/mol. The van der Waals surface area contributed by atoms with Crippen LogP contribution in [0.5, 0.6) is 0 Å². The maximum Gasteiger partial charge on any atom is 0.171 e. The molecule has 1 heterocycles. The predicted molar refractivity (Wildman–Crippen MR) is 157 cm³/mol. The van der Waals surface area contributed by atoms with Gasteiger partial charge in [-0.15, -0.1) is 0 Å². The van der Waals surface area contributed by atoms with Crippen molar-refractivity contribution in [2.75, 3.05) is 0 Å². The van der Waals surface area contributed by atoms with E-state index in [1.165, 1.54) is 167 Å². The van der Waals surface area contributed by atoms with Gasteiger partial charge in [-0.25, -0.2) is 4.57 Å². The Morgan fingerprint density at radius 2 is 0.657 bits per heavy atom. The van der Waals surface area contributed by atoms with Gasteiger partial charge in [0.25, 0.3) is 0 Å². The van der Waals surface area contributed by atoms with Gasteiger partial charge in [-0.2, -0.15) is 0 Å². The molecule has 204 valence electrons. The van der Waals surface area contributed by atoms with Crippen molar-refractivity contribution in [3.63, 3.8) is 0 Å². The summed E-state index contributed by atoms with van der Waals surface area (Å²) in [5.74, 6) is 0. The van der Waals surface area contributed by atoms with Gasteiger partial charge in [-0.1, -0.05) is 155 Å². The van der Waals surface area contributed by atoms with E-state index in [9.17, 15) is 0 Å². The number of aryl methyl sites for hydroxylation is 3. The lowest BCUT2D eigenvalue weighted by molar-refractivity contribution is -0.672. The van der Waals surface area contributed by atoms with Crippen LogP contribution >= 0.6 is 0 Å². The summed E-state index contributed by atoms with van der Waals surface area (Å²) in [5, 5.41) is 0. The maximum atomic E-state index is 2.50. The molecule has 0 atom stereocenters. The molecule has 1 heteroatoms. The monoisotopic (exact) mass is 487 g/mol. The highest BCUT2D eigenvalue weighted by Gasteiger charge is 2.05. The molecule has 1 nitrogen and oxygen atoms in total. The fourth-order valence-electron chi connectivity index (χ4n) is 5.49. The molecule has 1 aromatic heterocycles. The van der Waals surface area contributed by atoms with Gasteiger partial charge in [0.1, 0.15) is 7.05 Å². The lowest BCUT2D eigenvalue weighted by atomic mass is 10.0. The first-order chi connectivity index (χ1) is 17.3. The summed E-state index contributed by atoms with van der Waals surface area (Å²) in [6.45, 7) is 4.61. The van der Waals surface area contributed by atoms with E-state index in [4.69, 9.17) is 0 Å². The quantitative estimate of drug-likeness (QED) is 0.0905. The number of aromatic nitrogens is 1. The van der Waals surface area contributed by atoms with Crippen molar-refractivity contribution in [3.8, 4) is 0 Å². The highest BCUT2D eigenvalue weighted by molar-refractivity contribution is 5.15. The van der Waals surface area contributed by atoms with E-state index in [0.29, 0.717) is 0 Å². The van der Waals surface area contributed by atoms with Gasteiger partial charge in [0.15, 0.2) is 12.4 Å². The second-order valence-electron chi connectivity index (χ2n) is 11.5. The first-order valence-electron chi connectivity index (χ1n) is 16.2. The van der Waals surface area contributed by atoms with Crippen molar-refractivity contribution >= 4 is 0 Å². The van der Waals surface area contributed by atoms with Crippen molar-refractivity contribution in [2.24, 2.45) is 7.05 Å². The molecule has 1 rings (SSSR count). The largest absolute Gasteiger partial charge is 0.207 e. The number of unbranched alkanes of at least 4 members (excludes halogenated alkanes) is 22. The minimum absolute atomic E-state index is 1.26. The number of hydrogen-bond donors (Lipinski definition) is 0. The number of nitrogens with zero attached hydrogens (tertiary/aromatic N) is 1. The van der Waals surface area contributed by atoms with Gasteiger partial charge in [-0.3, -0.25) is 0 Å². The lowest BCUT2D eigenvalue weighted by Gasteiger charge is -2.06. The SMILES string of the molecule is CCCCCCCCCCCCCCc1cc(CCCCCCCCCCCCCC)c[n+](C)c1. The lowest BCUT2D eigenvalue weighted by Crippen LogP contribution is -2.28. The molecule has 0 aromatic carbocycles. The van der Waals surface area contributed by atoms with Crippen LogP contribution in [0.15, 0.2) is 18.5 Å². The van der Waals surface area contributed by atoms with E-state index in [1.807, 2.05) is 0 Å².